The molecule has 1 heterocycles. The molecular weight excluding hydrogens is 224 g/mol. The van der Waals surface area contributed by atoms with Gasteiger partial charge in [-0.05, 0) is 12.1 Å². The highest BCUT2D eigenvalue weighted by Crippen LogP contribution is 2.37. The molecule has 2 rings (SSSR count). The van der Waals surface area contributed by atoms with Gasteiger partial charge in [-0.3, -0.25) is 0 Å². The lowest BCUT2D eigenvalue weighted by Crippen LogP contribution is -2.01. The van der Waals surface area contributed by atoms with Crippen LogP contribution in [0.4, 0.5) is 0 Å². The van der Waals surface area contributed by atoms with Gasteiger partial charge < -0.3 is 18.6 Å². The van der Waals surface area contributed by atoms with Crippen molar-refractivity contribution in [2.24, 2.45) is 0 Å². The first-order valence-corrected chi connectivity index (χ1v) is 4.94. The molecule has 0 saturated heterocycles. The molecule has 0 aliphatic heterocycles. The van der Waals surface area contributed by atoms with Crippen LogP contribution >= 0.6 is 0 Å². The number of methoxy groups -OCH3 is 3. The Morgan fingerprint density at radius 2 is 1.71 bits per heavy atom. The molecule has 0 aliphatic carbocycles. The van der Waals surface area contributed by atoms with E-state index in [0.29, 0.717) is 28.2 Å². The van der Waals surface area contributed by atoms with Crippen molar-refractivity contribution < 1.29 is 18.6 Å². The average molecular weight is 236 g/mol. The van der Waals surface area contributed by atoms with Gasteiger partial charge in [0.25, 0.3) is 0 Å². The fourth-order valence-corrected chi connectivity index (χ4v) is 1.68. The summed E-state index contributed by atoms with van der Waals surface area (Å²) in [7, 11) is 4.49. The molecule has 0 unspecified atom stereocenters. The topological polar surface area (TPSA) is 57.9 Å². The number of rotatable bonds is 3. The van der Waals surface area contributed by atoms with Crippen LogP contribution in [0.25, 0.3) is 11.0 Å². The summed E-state index contributed by atoms with van der Waals surface area (Å²) < 4.78 is 20.6. The van der Waals surface area contributed by atoms with E-state index in [1.165, 1.54) is 27.4 Å². The SMILES string of the molecule is COc1ccc2c(OC)cc(=O)oc2c1OC. The zero-order chi connectivity index (χ0) is 12.4. The van der Waals surface area contributed by atoms with Crippen LogP contribution in [0.2, 0.25) is 0 Å². The van der Waals surface area contributed by atoms with Gasteiger partial charge in [0.15, 0.2) is 11.3 Å². The second-order valence-corrected chi connectivity index (χ2v) is 3.31. The van der Waals surface area contributed by atoms with Crippen LogP contribution < -0.4 is 19.8 Å². The van der Waals surface area contributed by atoms with Crippen molar-refractivity contribution >= 4 is 11.0 Å². The third-order valence-electron chi connectivity index (χ3n) is 2.44. The van der Waals surface area contributed by atoms with Gasteiger partial charge in [-0.1, -0.05) is 0 Å². The zero-order valence-corrected chi connectivity index (χ0v) is 9.77. The Kier molecular flexibility index (Phi) is 2.91. The van der Waals surface area contributed by atoms with Gasteiger partial charge in [0.2, 0.25) is 5.75 Å². The number of hydrogen-bond donors (Lipinski definition) is 0. The molecule has 1 aromatic carbocycles. The minimum Gasteiger partial charge on any atom is -0.496 e. The molecule has 17 heavy (non-hydrogen) atoms. The second-order valence-electron chi connectivity index (χ2n) is 3.31. The van der Waals surface area contributed by atoms with E-state index in [-0.39, 0.29) is 0 Å². The first-order chi connectivity index (χ1) is 8.21. The highest BCUT2D eigenvalue weighted by molar-refractivity contribution is 5.90. The number of benzene rings is 1. The lowest BCUT2D eigenvalue weighted by molar-refractivity contribution is 0.351. The van der Waals surface area contributed by atoms with Crippen molar-refractivity contribution in [1.29, 1.82) is 0 Å². The molecule has 0 bridgehead atoms. The zero-order valence-electron chi connectivity index (χ0n) is 9.77. The minimum atomic E-state index is -0.499. The first kappa shape index (κ1) is 11.3. The molecule has 1 aromatic heterocycles. The van der Waals surface area contributed by atoms with Gasteiger partial charge in [0, 0.05) is 0 Å². The predicted octanol–water partition coefficient (Wildman–Crippen LogP) is 1.82. The summed E-state index contributed by atoms with van der Waals surface area (Å²) in [6, 6.07) is 4.76. The van der Waals surface area contributed by atoms with Gasteiger partial charge in [-0.15, -0.1) is 0 Å². The number of ether oxygens (including phenoxy) is 3. The number of hydrogen-bond acceptors (Lipinski definition) is 5. The molecule has 0 N–H and O–H groups in total. The first-order valence-electron chi connectivity index (χ1n) is 4.94. The highest BCUT2D eigenvalue weighted by Gasteiger charge is 2.15. The van der Waals surface area contributed by atoms with Gasteiger partial charge in [-0.2, -0.15) is 0 Å². The predicted molar refractivity (Wildman–Crippen MR) is 62.1 cm³/mol. The molecule has 0 saturated carbocycles. The highest BCUT2D eigenvalue weighted by atomic mass is 16.5. The maximum Gasteiger partial charge on any atom is 0.340 e. The van der Waals surface area contributed by atoms with E-state index in [2.05, 4.69) is 0 Å². The molecule has 2 aromatic rings. The fourth-order valence-electron chi connectivity index (χ4n) is 1.68. The van der Waals surface area contributed by atoms with Crippen LogP contribution in [-0.2, 0) is 0 Å². The van der Waals surface area contributed by atoms with Crippen molar-refractivity contribution in [3.63, 3.8) is 0 Å². The van der Waals surface area contributed by atoms with Crippen LogP contribution in [0, 0.1) is 0 Å². The standard InChI is InChI=1S/C12H12O5/c1-14-8-5-4-7-9(15-2)6-10(13)17-11(7)12(8)16-3/h4-6H,1-3H3. The van der Waals surface area contributed by atoms with Gasteiger partial charge >= 0.3 is 5.63 Å². The molecule has 0 fully saturated rings. The van der Waals surface area contributed by atoms with E-state index in [4.69, 9.17) is 18.6 Å². The Balaban J connectivity index is 2.89. The van der Waals surface area contributed by atoms with Crippen molar-refractivity contribution in [2.75, 3.05) is 21.3 Å². The average Bonchev–Trinajstić information content (AvgIpc) is 2.36. The molecule has 5 nitrogen and oxygen atoms in total. The van der Waals surface area contributed by atoms with Gasteiger partial charge in [0.05, 0.1) is 32.8 Å². The van der Waals surface area contributed by atoms with Crippen LogP contribution in [0.5, 0.6) is 17.2 Å². The molecule has 0 radical (unpaired) electrons. The van der Waals surface area contributed by atoms with E-state index in [1.807, 2.05) is 0 Å². The summed E-state index contributed by atoms with van der Waals surface area (Å²) in [6.07, 6.45) is 0. The van der Waals surface area contributed by atoms with E-state index in [1.54, 1.807) is 12.1 Å². The van der Waals surface area contributed by atoms with Gasteiger partial charge in [-0.25, -0.2) is 4.79 Å². The third kappa shape index (κ3) is 1.80. The Hall–Kier alpha value is -2.17. The molecule has 0 amide bonds. The van der Waals surface area contributed by atoms with Crippen molar-refractivity contribution in [2.45, 2.75) is 0 Å². The maximum atomic E-state index is 11.4. The Bertz CT molecular complexity index is 600. The van der Waals surface area contributed by atoms with Crippen LogP contribution in [0.3, 0.4) is 0 Å². The Labute approximate surface area is 97.5 Å². The summed E-state index contributed by atoms with van der Waals surface area (Å²) in [5.74, 6) is 1.31. The molecule has 90 valence electrons. The smallest absolute Gasteiger partial charge is 0.340 e. The summed E-state index contributed by atoms with van der Waals surface area (Å²) in [6.45, 7) is 0. The maximum absolute atomic E-state index is 11.4. The lowest BCUT2D eigenvalue weighted by Gasteiger charge is -2.10. The normalized spacial score (nSPS) is 10.3. The van der Waals surface area contributed by atoms with Crippen molar-refractivity contribution in [3.8, 4) is 17.2 Å². The van der Waals surface area contributed by atoms with Crippen molar-refractivity contribution in [3.05, 3.63) is 28.6 Å². The van der Waals surface area contributed by atoms with E-state index in [0.717, 1.165) is 0 Å². The van der Waals surface area contributed by atoms with Crippen LogP contribution in [-0.4, -0.2) is 21.3 Å². The Morgan fingerprint density at radius 3 is 2.29 bits per heavy atom. The summed E-state index contributed by atoms with van der Waals surface area (Å²) in [4.78, 5) is 11.4. The van der Waals surface area contributed by atoms with Crippen molar-refractivity contribution in [1.82, 2.24) is 0 Å². The van der Waals surface area contributed by atoms with Crippen LogP contribution in [0.1, 0.15) is 0 Å². The summed E-state index contributed by atoms with van der Waals surface area (Å²) in [5, 5.41) is 0.657. The Morgan fingerprint density at radius 1 is 1.00 bits per heavy atom. The minimum absolute atomic E-state index is 0.316. The number of fused-ring (bicyclic) bond motifs is 1. The monoisotopic (exact) mass is 236 g/mol. The van der Waals surface area contributed by atoms with Crippen LogP contribution in [0.15, 0.2) is 27.4 Å². The summed E-state index contributed by atoms with van der Waals surface area (Å²) in [5.41, 5.74) is -0.183. The van der Waals surface area contributed by atoms with E-state index in [9.17, 15) is 4.79 Å². The second kappa shape index (κ2) is 4.37. The molecule has 0 aliphatic rings. The molecule has 5 heteroatoms. The molecular formula is C12H12O5. The molecule has 0 atom stereocenters. The molecule has 0 spiro atoms. The quantitative estimate of drug-likeness (QED) is 0.761. The van der Waals surface area contributed by atoms with E-state index < -0.39 is 5.63 Å². The van der Waals surface area contributed by atoms with E-state index >= 15 is 0 Å². The largest absolute Gasteiger partial charge is 0.496 e. The van der Waals surface area contributed by atoms with Gasteiger partial charge in [0.1, 0.15) is 5.75 Å². The third-order valence-corrected chi connectivity index (χ3v) is 2.44. The summed E-state index contributed by atoms with van der Waals surface area (Å²) >= 11 is 0. The lowest BCUT2D eigenvalue weighted by atomic mass is 10.2. The fraction of sp³-hybridized carbons (Fsp3) is 0.250.